The topological polar surface area (TPSA) is 75.6 Å². The zero-order chi connectivity index (χ0) is 18.1. The molecule has 0 heterocycles. The summed E-state index contributed by atoms with van der Waals surface area (Å²) in [6.07, 6.45) is 1.91. The Labute approximate surface area is 147 Å². The first-order chi connectivity index (χ1) is 11.1. The summed E-state index contributed by atoms with van der Waals surface area (Å²) in [5, 5.41) is 12.9. The third-order valence-electron chi connectivity index (χ3n) is 5.05. The standard InChI is InChI=1S/C18H24ClNO4/c1-11(9-12-5-6-14(24-4)13(19)10-12)15(21)20-18(7-8-18)17(2,3)16(22)23/h5-6,10-11H,7-9H2,1-4H3,(H,20,21)(H,22,23)/t11-/m1/s1. The minimum absolute atomic E-state index is 0.131. The Balaban J connectivity index is 2.03. The van der Waals surface area contributed by atoms with Crippen LogP contribution in [0.15, 0.2) is 18.2 Å². The first kappa shape index (κ1) is 18.6. The Bertz CT molecular complexity index is 652. The third kappa shape index (κ3) is 3.51. The Morgan fingerprint density at radius 1 is 1.42 bits per heavy atom. The lowest BCUT2D eigenvalue weighted by Gasteiger charge is -2.32. The van der Waals surface area contributed by atoms with E-state index < -0.39 is 16.9 Å². The fraction of sp³-hybridized carbons (Fsp3) is 0.556. The van der Waals surface area contributed by atoms with Gasteiger partial charge in [0.05, 0.1) is 23.1 Å². The van der Waals surface area contributed by atoms with Crippen LogP contribution in [0.25, 0.3) is 0 Å². The maximum atomic E-state index is 12.5. The second-order valence-corrected chi connectivity index (χ2v) is 7.48. The van der Waals surface area contributed by atoms with Gasteiger partial charge in [-0.25, -0.2) is 0 Å². The van der Waals surface area contributed by atoms with Crippen molar-refractivity contribution in [1.29, 1.82) is 0 Å². The van der Waals surface area contributed by atoms with Crippen molar-refractivity contribution in [2.24, 2.45) is 11.3 Å². The number of carbonyl (C=O) groups excluding carboxylic acids is 1. The maximum absolute atomic E-state index is 12.5. The molecule has 132 valence electrons. The van der Waals surface area contributed by atoms with Gasteiger partial charge < -0.3 is 15.2 Å². The molecule has 1 aliphatic rings. The lowest BCUT2D eigenvalue weighted by atomic mass is 9.81. The number of carbonyl (C=O) groups is 2. The molecule has 0 radical (unpaired) electrons. The van der Waals surface area contributed by atoms with E-state index in [9.17, 15) is 14.7 Å². The van der Waals surface area contributed by atoms with Gasteiger partial charge in [0, 0.05) is 5.92 Å². The lowest BCUT2D eigenvalue weighted by molar-refractivity contribution is -0.150. The van der Waals surface area contributed by atoms with E-state index >= 15 is 0 Å². The fourth-order valence-electron chi connectivity index (χ4n) is 2.88. The smallest absolute Gasteiger partial charge is 0.311 e. The molecule has 1 aromatic carbocycles. The summed E-state index contributed by atoms with van der Waals surface area (Å²) in [5.41, 5.74) is -0.682. The van der Waals surface area contributed by atoms with Crippen LogP contribution < -0.4 is 10.1 Å². The molecule has 1 aliphatic carbocycles. The summed E-state index contributed by atoms with van der Waals surface area (Å²) in [6.45, 7) is 5.16. The van der Waals surface area contributed by atoms with Gasteiger partial charge in [-0.2, -0.15) is 0 Å². The Morgan fingerprint density at radius 3 is 2.50 bits per heavy atom. The van der Waals surface area contributed by atoms with Crippen LogP contribution in [0, 0.1) is 11.3 Å². The van der Waals surface area contributed by atoms with Crippen molar-refractivity contribution in [3.05, 3.63) is 28.8 Å². The maximum Gasteiger partial charge on any atom is 0.311 e. The van der Waals surface area contributed by atoms with E-state index in [4.69, 9.17) is 16.3 Å². The predicted molar refractivity (Wildman–Crippen MR) is 92.4 cm³/mol. The molecule has 0 bridgehead atoms. The molecule has 1 amide bonds. The van der Waals surface area contributed by atoms with Gasteiger partial charge in [-0.3, -0.25) is 9.59 Å². The molecule has 24 heavy (non-hydrogen) atoms. The van der Waals surface area contributed by atoms with Gasteiger partial charge in [0.1, 0.15) is 5.75 Å². The minimum Gasteiger partial charge on any atom is -0.495 e. The Morgan fingerprint density at radius 2 is 2.04 bits per heavy atom. The van der Waals surface area contributed by atoms with E-state index in [0.29, 0.717) is 30.0 Å². The molecule has 0 spiro atoms. The number of amides is 1. The molecule has 0 unspecified atom stereocenters. The van der Waals surface area contributed by atoms with Gasteiger partial charge >= 0.3 is 5.97 Å². The molecule has 1 aromatic rings. The highest BCUT2D eigenvalue weighted by Gasteiger charge is 2.59. The van der Waals surface area contributed by atoms with Gasteiger partial charge in [-0.1, -0.05) is 24.6 Å². The van der Waals surface area contributed by atoms with Gasteiger partial charge in [0.15, 0.2) is 0 Å². The average Bonchev–Trinajstić information content (AvgIpc) is 3.28. The predicted octanol–water partition coefficient (Wildman–Crippen LogP) is 3.29. The van der Waals surface area contributed by atoms with Crippen LogP contribution in [-0.4, -0.2) is 29.6 Å². The molecule has 1 atom stereocenters. The van der Waals surface area contributed by atoms with E-state index in [-0.39, 0.29) is 11.8 Å². The second kappa shape index (κ2) is 6.63. The van der Waals surface area contributed by atoms with E-state index in [1.165, 1.54) is 0 Å². The molecule has 1 saturated carbocycles. The van der Waals surface area contributed by atoms with Crippen molar-refractivity contribution in [1.82, 2.24) is 5.32 Å². The van der Waals surface area contributed by atoms with Crippen LogP contribution in [0.4, 0.5) is 0 Å². The Hall–Kier alpha value is -1.75. The molecule has 6 heteroatoms. The van der Waals surface area contributed by atoms with E-state index in [2.05, 4.69) is 5.32 Å². The van der Waals surface area contributed by atoms with E-state index in [1.807, 2.05) is 13.0 Å². The largest absolute Gasteiger partial charge is 0.495 e. The van der Waals surface area contributed by atoms with Gasteiger partial charge in [-0.05, 0) is 50.8 Å². The molecule has 1 fully saturated rings. The summed E-state index contributed by atoms with van der Waals surface area (Å²) in [4.78, 5) is 24.0. The van der Waals surface area contributed by atoms with E-state index in [1.54, 1.807) is 33.1 Å². The first-order valence-electron chi connectivity index (χ1n) is 8.01. The summed E-state index contributed by atoms with van der Waals surface area (Å²) >= 11 is 6.11. The SMILES string of the molecule is COc1ccc(C[C@@H](C)C(=O)NC2(C(C)(C)C(=O)O)CC2)cc1Cl. The summed E-state index contributed by atoms with van der Waals surface area (Å²) in [6, 6.07) is 5.44. The number of benzene rings is 1. The van der Waals surface area contributed by atoms with Crippen LogP contribution in [0.1, 0.15) is 39.2 Å². The highest BCUT2D eigenvalue weighted by molar-refractivity contribution is 6.32. The van der Waals surface area contributed by atoms with E-state index in [0.717, 1.165) is 5.56 Å². The Kier molecular flexibility index (Phi) is 5.14. The number of rotatable bonds is 7. The molecule has 5 nitrogen and oxygen atoms in total. The first-order valence-corrected chi connectivity index (χ1v) is 8.38. The van der Waals surface area contributed by atoms with Crippen LogP contribution in [0.2, 0.25) is 5.02 Å². The highest BCUT2D eigenvalue weighted by Crippen LogP contribution is 2.50. The number of nitrogens with one attached hydrogen (secondary N) is 1. The summed E-state index contributed by atoms with van der Waals surface area (Å²) in [7, 11) is 1.55. The zero-order valence-corrected chi connectivity index (χ0v) is 15.2. The number of halogens is 1. The minimum atomic E-state index is -0.980. The van der Waals surface area contributed by atoms with Crippen LogP contribution in [-0.2, 0) is 16.0 Å². The van der Waals surface area contributed by atoms with Crippen molar-refractivity contribution in [2.45, 2.75) is 45.6 Å². The van der Waals surface area contributed by atoms with Crippen LogP contribution in [0.5, 0.6) is 5.75 Å². The number of ether oxygens (including phenoxy) is 1. The average molecular weight is 354 g/mol. The number of carboxylic acid groups (broad SMARTS) is 1. The second-order valence-electron chi connectivity index (χ2n) is 7.08. The molecule has 0 aliphatic heterocycles. The number of aliphatic carboxylic acids is 1. The van der Waals surface area contributed by atoms with Gasteiger partial charge in [-0.15, -0.1) is 0 Å². The third-order valence-corrected chi connectivity index (χ3v) is 5.34. The number of methoxy groups -OCH3 is 1. The van der Waals surface area contributed by atoms with Crippen molar-refractivity contribution >= 4 is 23.5 Å². The van der Waals surface area contributed by atoms with Gasteiger partial charge in [0.2, 0.25) is 5.91 Å². The van der Waals surface area contributed by atoms with Crippen molar-refractivity contribution in [2.75, 3.05) is 7.11 Å². The molecular weight excluding hydrogens is 330 g/mol. The summed E-state index contributed by atoms with van der Waals surface area (Å²) in [5.74, 6) is -0.710. The quantitative estimate of drug-likeness (QED) is 0.788. The van der Waals surface area contributed by atoms with Crippen LogP contribution >= 0.6 is 11.6 Å². The number of hydrogen-bond acceptors (Lipinski definition) is 3. The molecule has 0 aromatic heterocycles. The number of carboxylic acids is 1. The van der Waals surface area contributed by atoms with Gasteiger partial charge in [0.25, 0.3) is 0 Å². The van der Waals surface area contributed by atoms with Crippen LogP contribution in [0.3, 0.4) is 0 Å². The summed E-state index contributed by atoms with van der Waals surface area (Å²) < 4.78 is 5.12. The fourth-order valence-corrected chi connectivity index (χ4v) is 3.16. The van der Waals surface area contributed by atoms with Crippen molar-refractivity contribution < 1.29 is 19.4 Å². The lowest BCUT2D eigenvalue weighted by Crippen LogP contribution is -2.52. The molecule has 2 rings (SSSR count). The molecular formula is C18H24ClNO4. The van der Waals surface area contributed by atoms with Crippen molar-refractivity contribution in [3.63, 3.8) is 0 Å². The monoisotopic (exact) mass is 353 g/mol. The number of hydrogen-bond donors (Lipinski definition) is 2. The normalized spacial score (nSPS) is 17.0. The highest BCUT2D eigenvalue weighted by atomic mass is 35.5. The zero-order valence-electron chi connectivity index (χ0n) is 14.5. The van der Waals surface area contributed by atoms with Crippen molar-refractivity contribution in [3.8, 4) is 5.75 Å². The molecule has 2 N–H and O–H groups in total. The molecule has 0 saturated heterocycles.